The molecule has 0 aliphatic carbocycles. The molecule has 1 atom stereocenters. The summed E-state index contributed by atoms with van der Waals surface area (Å²) in [5.41, 5.74) is 0.599. The fourth-order valence-electron chi connectivity index (χ4n) is 3.51. The smallest absolute Gasteiger partial charge is 0.271 e. The molecule has 1 fully saturated rings. The number of carbonyl (C=O) groups is 1. The number of likely N-dealkylation sites (tertiary alicyclic amines) is 1. The summed E-state index contributed by atoms with van der Waals surface area (Å²) in [6.45, 7) is 2.62. The van der Waals surface area contributed by atoms with Crippen molar-refractivity contribution in [3.8, 4) is 5.69 Å². The minimum atomic E-state index is -0.273. The van der Waals surface area contributed by atoms with Gasteiger partial charge < -0.3 is 5.32 Å². The van der Waals surface area contributed by atoms with E-state index in [1.807, 2.05) is 24.3 Å². The van der Waals surface area contributed by atoms with Crippen LogP contribution in [0.25, 0.3) is 5.69 Å². The lowest BCUT2D eigenvalue weighted by Crippen LogP contribution is -2.37. The maximum Gasteiger partial charge on any atom is 0.271 e. The topological polar surface area (TPSA) is 67.2 Å². The van der Waals surface area contributed by atoms with E-state index in [2.05, 4.69) is 26.8 Å². The van der Waals surface area contributed by atoms with E-state index in [-0.39, 0.29) is 23.2 Å². The fraction of sp³-hybridized carbons (Fsp3) is 0.286. The average molecular weight is 394 g/mol. The summed E-state index contributed by atoms with van der Waals surface area (Å²) in [5.74, 6) is -0.273. The highest BCUT2D eigenvalue weighted by Gasteiger charge is 2.25. The predicted molar refractivity (Wildman–Crippen MR) is 110 cm³/mol. The molecule has 7 heteroatoms. The van der Waals surface area contributed by atoms with Gasteiger partial charge >= 0.3 is 0 Å². The van der Waals surface area contributed by atoms with Crippen molar-refractivity contribution in [1.29, 1.82) is 0 Å². The van der Waals surface area contributed by atoms with Crippen LogP contribution in [0.2, 0.25) is 0 Å². The molecule has 4 rings (SSSR count). The molecule has 1 aliphatic heterocycles. The van der Waals surface area contributed by atoms with Gasteiger partial charge in [-0.05, 0) is 55.6 Å². The molecule has 2 aromatic heterocycles. The minimum Gasteiger partial charge on any atom is -0.349 e. The van der Waals surface area contributed by atoms with Crippen LogP contribution in [0.3, 0.4) is 0 Å². The van der Waals surface area contributed by atoms with Gasteiger partial charge in [0.2, 0.25) is 0 Å². The molecule has 1 aromatic carbocycles. The summed E-state index contributed by atoms with van der Waals surface area (Å²) in [6, 6.07) is 16.3. The summed E-state index contributed by atoms with van der Waals surface area (Å²) in [6.07, 6.45) is 2.39. The summed E-state index contributed by atoms with van der Waals surface area (Å²) in [4.78, 5) is 28.6. The van der Waals surface area contributed by atoms with E-state index in [1.54, 1.807) is 23.5 Å². The van der Waals surface area contributed by atoms with Crippen LogP contribution in [0.4, 0.5) is 0 Å². The van der Waals surface area contributed by atoms with Crippen molar-refractivity contribution >= 4 is 17.2 Å². The summed E-state index contributed by atoms with van der Waals surface area (Å²) >= 11 is 1.71. The zero-order valence-electron chi connectivity index (χ0n) is 15.5. The van der Waals surface area contributed by atoms with Crippen molar-refractivity contribution in [3.05, 3.63) is 80.9 Å². The Bertz CT molecular complexity index is 979. The van der Waals surface area contributed by atoms with Gasteiger partial charge in [-0.2, -0.15) is 9.78 Å². The largest absolute Gasteiger partial charge is 0.349 e. The molecule has 3 heterocycles. The second-order valence-corrected chi connectivity index (χ2v) is 7.77. The number of rotatable bonds is 6. The van der Waals surface area contributed by atoms with Crippen LogP contribution >= 0.6 is 11.3 Å². The van der Waals surface area contributed by atoms with E-state index >= 15 is 0 Å². The van der Waals surface area contributed by atoms with Gasteiger partial charge in [-0.15, -0.1) is 11.3 Å². The van der Waals surface area contributed by atoms with Crippen LogP contribution in [0.15, 0.2) is 64.8 Å². The second kappa shape index (κ2) is 8.50. The van der Waals surface area contributed by atoms with E-state index in [1.165, 1.54) is 34.5 Å². The molecule has 1 saturated heterocycles. The molecular formula is C21H22N4O2S. The van der Waals surface area contributed by atoms with Crippen molar-refractivity contribution in [2.24, 2.45) is 0 Å². The Morgan fingerprint density at radius 2 is 1.86 bits per heavy atom. The maximum atomic E-state index is 12.7. The quantitative estimate of drug-likeness (QED) is 0.698. The summed E-state index contributed by atoms with van der Waals surface area (Å²) < 4.78 is 1.26. The van der Waals surface area contributed by atoms with Crippen molar-refractivity contribution < 1.29 is 4.79 Å². The Balaban J connectivity index is 1.51. The normalized spacial score (nSPS) is 15.4. The van der Waals surface area contributed by atoms with Gasteiger partial charge in [-0.25, -0.2) is 0 Å². The third kappa shape index (κ3) is 4.05. The van der Waals surface area contributed by atoms with Gasteiger partial charge in [0.15, 0.2) is 0 Å². The standard InChI is InChI=1S/C21H22N4O2S/c26-20-11-10-17(23-25(20)16-7-2-1-3-8-16)21(27)22-15-18(19-9-6-14-28-19)24-12-4-5-13-24/h1-3,6-11,14,18H,4-5,12-13,15H2,(H,22,27). The third-order valence-electron chi connectivity index (χ3n) is 4.94. The summed E-state index contributed by atoms with van der Waals surface area (Å²) in [7, 11) is 0. The Labute approximate surface area is 167 Å². The van der Waals surface area contributed by atoms with Gasteiger partial charge in [0.05, 0.1) is 11.7 Å². The van der Waals surface area contributed by atoms with E-state index in [0.717, 1.165) is 13.1 Å². The highest BCUT2D eigenvalue weighted by Crippen LogP contribution is 2.27. The fourth-order valence-corrected chi connectivity index (χ4v) is 4.37. The predicted octanol–water partition coefficient (Wildman–Crippen LogP) is 2.86. The van der Waals surface area contributed by atoms with Crippen molar-refractivity contribution in [3.63, 3.8) is 0 Å². The van der Waals surface area contributed by atoms with Crippen LogP contribution in [0.5, 0.6) is 0 Å². The van der Waals surface area contributed by atoms with Gasteiger partial charge in [-0.3, -0.25) is 14.5 Å². The lowest BCUT2D eigenvalue weighted by Gasteiger charge is -2.26. The van der Waals surface area contributed by atoms with Crippen molar-refractivity contribution in [2.45, 2.75) is 18.9 Å². The highest BCUT2D eigenvalue weighted by molar-refractivity contribution is 7.10. The molecule has 144 valence electrons. The van der Waals surface area contributed by atoms with E-state index in [4.69, 9.17) is 0 Å². The maximum absolute atomic E-state index is 12.7. The number of thiophene rings is 1. The Kier molecular flexibility index (Phi) is 5.64. The van der Waals surface area contributed by atoms with Gasteiger partial charge in [-0.1, -0.05) is 24.3 Å². The first-order valence-electron chi connectivity index (χ1n) is 9.44. The van der Waals surface area contributed by atoms with Crippen molar-refractivity contribution in [1.82, 2.24) is 20.0 Å². The summed E-state index contributed by atoms with van der Waals surface area (Å²) in [5, 5.41) is 9.34. The zero-order valence-corrected chi connectivity index (χ0v) is 16.3. The minimum absolute atomic E-state index is 0.173. The Morgan fingerprint density at radius 1 is 1.07 bits per heavy atom. The molecule has 1 aliphatic rings. The molecule has 28 heavy (non-hydrogen) atoms. The molecule has 1 amide bonds. The first-order valence-corrected chi connectivity index (χ1v) is 10.3. The number of amides is 1. The number of carbonyl (C=O) groups excluding carboxylic acids is 1. The van der Waals surface area contributed by atoms with Gasteiger partial charge in [0, 0.05) is 17.5 Å². The van der Waals surface area contributed by atoms with E-state index < -0.39 is 0 Å². The third-order valence-corrected chi connectivity index (χ3v) is 5.92. The monoisotopic (exact) mass is 394 g/mol. The van der Waals surface area contributed by atoms with Crippen LogP contribution < -0.4 is 10.9 Å². The van der Waals surface area contributed by atoms with E-state index in [0.29, 0.717) is 12.2 Å². The van der Waals surface area contributed by atoms with Gasteiger partial charge in [0.25, 0.3) is 11.5 Å². The molecule has 1 N–H and O–H groups in total. The molecule has 6 nitrogen and oxygen atoms in total. The van der Waals surface area contributed by atoms with Crippen LogP contribution in [0.1, 0.15) is 34.2 Å². The molecule has 3 aromatic rings. The molecule has 0 bridgehead atoms. The number of hydrogen-bond donors (Lipinski definition) is 1. The molecule has 0 spiro atoms. The van der Waals surface area contributed by atoms with Gasteiger partial charge in [0.1, 0.15) is 5.69 Å². The highest BCUT2D eigenvalue weighted by atomic mass is 32.1. The first kappa shape index (κ1) is 18.6. The molecule has 1 unspecified atom stereocenters. The zero-order chi connectivity index (χ0) is 19.3. The lowest BCUT2D eigenvalue weighted by molar-refractivity contribution is 0.0931. The number of benzene rings is 1. The Hall–Kier alpha value is -2.77. The molecule has 0 radical (unpaired) electrons. The van der Waals surface area contributed by atoms with Crippen LogP contribution in [-0.4, -0.2) is 40.2 Å². The average Bonchev–Trinajstić information content (AvgIpc) is 3.44. The Morgan fingerprint density at radius 3 is 2.57 bits per heavy atom. The lowest BCUT2D eigenvalue weighted by atomic mass is 10.2. The van der Waals surface area contributed by atoms with Crippen LogP contribution in [-0.2, 0) is 0 Å². The van der Waals surface area contributed by atoms with Crippen molar-refractivity contribution in [2.75, 3.05) is 19.6 Å². The number of nitrogens with one attached hydrogen (secondary N) is 1. The SMILES string of the molecule is O=C(NCC(c1cccs1)N1CCCC1)c1ccc(=O)n(-c2ccccc2)n1. The number of nitrogens with zero attached hydrogens (tertiary/aromatic N) is 3. The first-order chi connectivity index (χ1) is 13.7. The van der Waals surface area contributed by atoms with Crippen LogP contribution in [0, 0.1) is 0 Å². The second-order valence-electron chi connectivity index (χ2n) is 6.79. The number of para-hydroxylation sites is 1. The molecule has 0 saturated carbocycles. The number of hydrogen-bond acceptors (Lipinski definition) is 5. The molecular weight excluding hydrogens is 372 g/mol. The van der Waals surface area contributed by atoms with E-state index in [9.17, 15) is 9.59 Å². The number of aromatic nitrogens is 2.